The molecule has 0 aliphatic heterocycles. The van der Waals surface area contributed by atoms with Crippen LogP contribution in [-0.4, -0.2) is 10.3 Å². The molecule has 1 aromatic heterocycles. The first-order valence-electron chi connectivity index (χ1n) is 8.51. The highest BCUT2D eigenvalue weighted by Gasteiger charge is 2.02. The number of nitrogens with zero attached hydrogens (tertiary/aromatic N) is 3. The Morgan fingerprint density at radius 3 is 2.19 bits per heavy atom. The Labute approximate surface area is 156 Å². The van der Waals surface area contributed by atoms with Gasteiger partial charge in [-0.1, -0.05) is 78.1 Å². The van der Waals surface area contributed by atoms with E-state index in [9.17, 15) is 0 Å². The van der Waals surface area contributed by atoms with Crippen LogP contribution in [0.4, 0.5) is 0 Å². The maximum Gasteiger partial charge on any atom is 0.211 e. The predicted molar refractivity (Wildman–Crippen MR) is 110 cm³/mol. The third-order valence-corrected chi connectivity index (χ3v) is 5.51. The zero-order valence-electron chi connectivity index (χ0n) is 14.8. The highest BCUT2D eigenvalue weighted by Crippen LogP contribution is 2.19. The van der Waals surface area contributed by atoms with E-state index in [0.29, 0.717) is 0 Å². The molecule has 0 radical (unpaired) electrons. The molecule has 1 heterocycles. The van der Waals surface area contributed by atoms with Gasteiger partial charge in [-0.3, -0.25) is 0 Å². The van der Waals surface area contributed by atoms with Crippen LogP contribution >= 0.6 is 11.3 Å². The van der Waals surface area contributed by atoms with E-state index < -0.39 is 0 Å². The molecule has 0 amide bonds. The fourth-order valence-electron chi connectivity index (χ4n) is 2.89. The first-order chi connectivity index (χ1) is 12.7. The van der Waals surface area contributed by atoms with Gasteiger partial charge in [0.15, 0.2) is 0 Å². The maximum absolute atomic E-state index is 4.47. The SMILES string of the molecule is C/C(=N\N=c1/sc2ccccc2n1C)c1ccc(-c2ccccc2)cc1. The van der Waals surface area contributed by atoms with E-state index in [1.54, 1.807) is 11.3 Å². The Bertz CT molecular complexity index is 1130. The van der Waals surface area contributed by atoms with Crippen LogP contribution in [0.2, 0.25) is 0 Å². The minimum atomic E-state index is 0.895. The molecule has 0 N–H and O–H groups in total. The quantitative estimate of drug-likeness (QED) is 0.355. The average molecular weight is 357 g/mol. The summed E-state index contributed by atoms with van der Waals surface area (Å²) in [6.45, 7) is 1.99. The fraction of sp³-hybridized carbons (Fsp3) is 0.0909. The second-order valence-electron chi connectivity index (χ2n) is 6.14. The predicted octanol–water partition coefficient (Wildman–Crippen LogP) is 5.23. The molecule has 26 heavy (non-hydrogen) atoms. The van der Waals surface area contributed by atoms with Gasteiger partial charge in [0, 0.05) is 7.05 Å². The highest BCUT2D eigenvalue weighted by molar-refractivity contribution is 7.16. The molecule has 3 nitrogen and oxygen atoms in total. The number of hydrogen-bond acceptors (Lipinski definition) is 3. The maximum atomic E-state index is 4.47. The van der Waals surface area contributed by atoms with Gasteiger partial charge in [0.25, 0.3) is 0 Å². The van der Waals surface area contributed by atoms with E-state index in [-0.39, 0.29) is 0 Å². The van der Waals surface area contributed by atoms with Crippen molar-refractivity contribution in [3.8, 4) is 11.1 Å². The van der Waals surface area contributed by atoms with Crippen LogP contribution in [0.1, 0.15) is 12.5 Å². The van der Waals surface area contributed by atoms with E-state index in [0.717, 1.165) is 16.1 Å². The standard InChI is InChI=1S/C22H19N3S/c1-16(17-12-14-19(15-13-17)18-8-4-3-5-9-18)23-24-22-25(2)20-10-6-7-11-21(20)26-22/h3-15H,1-2H3/b23-16+,24-22-. The van der Waals surface area contributed by atoms with Gasteiger partial charge in [0.1, 0.15) is 0 Å². The summed E-state index contributed by atoms with van der Waals surface area (Å²) in [6, 6.07) is 27.1. The van der Waals surface area contributed by atoms with Crippen molar-refractivity contribution in [3.05, 3.63) is 89.2 Å². The molecule has 0 aliphatic carbocycles. The lowest BCUT2D eigenvalue weighted by Gasteiger charge is -2.03. The van der Waals surface area contributed by atoms with Crippen molar-refractivity contribution in [2.24, 2.45) is 17.3 Å². The lowest BCUT2D eigenvalue weighted by molar-refractivity contribution is 0.888. The van der Waals surface area contributed by atoms with Gasteiger partial charge in [0.2, 0.25) is 4.80 Å². The first-order valence-corrected chi connectivity index (χ1v) is 9.33. The number of hydrogen-bond donors (Lipinski definition) is 0. The number of benzene rings is 3. The molecule has 4 aromatic rings. The Kier molecular flexibility index (Phi) is 4.50. The molecule has 0 bridgehead atoms. The number of para-hydroxylation sites is 1. The Hall–Kier alpha value is -2.98. The van der Waals surface area contributed by atoms with Crippen molar-refractivity contribution in [1.82, 2.24) is 4.57 Å². The number of thiazole rings is 1. The van der Waals surface area contributed by atoms with Crippen molar-refractivity contribution in [3.63, 3.8) is 0 Å². The lowest BCUT2D eigenvalue weighted by atomic mass is 10.0. The van der Waals surface area contributed by atoms with Gasteiger partial charge in [-0.2, -0.15) is 5.10 Å². The summed E-state index contributed by atoms with van der Waals surface area (Å²) in [5.74, 6) is 0. The van der Waals surface area contributed by atoms with E-state index in [1.807, 2.05) is 32.2 Å². The van der Waals surface area contributed by atoms with Gasteiger partial charge in [-0.15, -0.1) is 5.10 Å². The molecule has 4 heteroatoms. The number of aryl methyl sites for hydroxylation is 1. The third-order valence-electron chi connectivity index (χ3n) is 4.41. The van der Waals surface area contributed by atoms with E-state index in [1.165, 1.54) is 21.3 Å². The van der Waals surface area contributed by atoms with E-state index >= 15 is 0 Å². The van der Waals surface area contributed by atoms with Gasteiger partial charge in [0.05, 0.1) is 15.9 Å². The van der Waals surface area contributed by atoms with Crippen molar-refractivity contribution < 1.29 is 0 Å². The summed E-state index contributed by atoms with van der Waals surface area (Å²) < 4.78 is 3.30. The Morgan fingerprint density at radius 1 is 0.808 bits per heavy atom. The summed E-state index contributed by atoms with van der Waals surface area (Å²) in [5.41, 5.74) is 5.58. The van der Waals surface area contributed by atoms with Gasteiger partial charge in [-0.25, -0.2) is 0 Å². The topological polar surface area (TPSA) is 29.6 Å². The van der Waals surface area contributed by atoms with Crippen molar-refractivity contribution >= 4 is 27.3 Å². The zero-order chi connectivity index (χ0) is 17.9. The second kappa shape index (κ2) is 7.10. The first kappa shape index (κ1) is 16.5. The Balaban J connectivity index is 1.64. The lowest BCUT2D eigenvalue weighted by Crippen LogP contribution is -2.09. The largest absolute Gasteiger partial charge is 0.318 e. The number of aromatic nitrogens is 1. The molecular weight excluding hydrogens is 338 g/mol. The van der Waals surface area contributed by atoms with Crippen LogP contribution in [0.5, 0.6) is 0 Å². The minimum absolute atomic E-state index is 0.895. The van der Waals surface area contributed by atoms with Crippen LogP contribution < -0.4 is 4.80 Å². The summed E-state index contributed by atoms with van der Waals surface area (Å²) in [6.07, 6.45) is 0. The monoisotopic (exact) mass is 357 g/mol. The second-order valence-corrected chi connectivity index (χ2v) is 7.15. The molecule has 4 rings (SSSR count). The molecule has 3 aromatic carbocycles. The molecule has 0 aliphatic rings. The summed E-state index contributed by atoms with van der Waals surface area (Å²) in [7, 11) is 2.02. The van der Waals surface area contributed by atoms with Crippen molar-refractivity contribution in [1.29, 1.82) is 0 Å². The molecule has 128 valence electrons. The molecular formula is C22H19N3S. The van der Waals surface area contributed by atoms with Gasteiger partial charge in [-0.05, 0) is 35.7 Å². The van der Waals surface area contributed by atoms with E-state index in [4.69, 9.17) is 0 Å². The Morgan fingerprint density at radius 2 is 1.46 bits per heavy atom. The molecule has 0 saturated heterocycles. The fourth-order valence-corrected chi connectivity index (χ4v) is 3.86. The zero-order valence-corrected chi connectivity index (χ0v) is 15.6. The number of rotatable bonds is 3. The molecule has 0 atom stereocenters. The van der Waals surface area contributed by atoms with Crippen LogP contribution in [0.25, 0.3) is 21.3 Å². The minimum Gasteiger partial charge on any atom is -0.318 e. The van der Waals surface area contributed by atoms with Gasteiger partial charge < -0.3 is 4.57 Å². The average Bonchev–Trinajstić information content (AvgIpc) is 3.03. The third kappa shape index (κ3) is 3.24. The van der Waals surface area contributed by atoms with Crippen LogP contribution in [-0.2, 0) is 7.05 Å². The van der Waals surface area contributed by atoms with Crippen LogP contribution in [0.3, 0.4) is 0 Å². The summed E-state index contributed by atoms with van der Waals surface area (Å²) in [4.78, 5) is 0.895. The summed E-state index contributed by atoms with van der Waals surface area (Å²) >= 11 is 1.65. The number of fused-ring (bicyclic) bond motifs is 1. The smallest absolute Gasteiger partial charge is 0.211 e. The molecule has 0 saturated carbocycles. The molecule has 0 unspecified atom stereocenters. The van der Waals surface area contributed by atoms with Crippen LogP contribution in [0.15, 0.2) is 89.1 Å². The molecule has 0 fully saturated rings. The van der Waals surface area contributed by atoms with Gasteiger partial charge >= 0.3 is 0 Å². The van der Waals surface area contributed by atoms with Crippen molar-refractivity contribution in [2.75, 3.05) is 0 Å². The molecule has 0 spiro atoms. The van der Waals surface area contributed by atoms with Crippen LogP contribution in [0, 0.1) is 0 Å². The normalized spacial score (nSPS) is 12.7. The summed E-state index contributed by atoms with van der Waals surface area (Å²) in [5, 5.41) is 8.92. The van der Waals surface area contributed by atoms with E-state index in [2.05, 4.69) is 75.4 Å². The van der Waals surface area contributed by atoms with Crippen molar-refractivity contribution in [2.45, 2.75) is 6.92 Å². The highest BCUT2D eigenvalue weighted by atomic mass is 32.1.